The smallest absolute Gasteiger partial charge is 0.238 e. The highest BCUT2D eigenvalue weighted by molar-refractivity contribution is 8.01. The van der Waals surface area contributed by atoms with Crippen molar-refractivity contribution in [1.82, 2.24) is 9.80 Å². The second kappa shape index (κ2) is 9.61. The summed E-state index contributed by atoms with van der Waals surface area (Å²) in [6.07, 6.45) is 0.0707. The Morgan fingerprint density at radius 3 is 2.72 bits per heavy atom. The van der Waals surface area contributed by atoms with Crippen LogP contribution in [0.2, 0.25) is 5.02 Å². The number of amides is 2. The Kier molecular flexibility index (Phi) is 7.16. The van der Waals surface area contributed by atoms with Crippen molar-refractivity contribution >= 4 is 40.9 Å². The summed E-state index contributed by atoms with van der Waals surface area (Å²) >= 11 is 7.35. The minimum atomic E-state index is -0.523. The van der Waals surface area contributed by atoms with Gasteiger partial charge in [0.15, 0.2) is 0 Å². The first-order chi connectivity index (χ1) is 13.8. The lowest BCUT2D eigenvalue weighted by molar-refractivity contribution is -0.133. The average Bonchev–Trinajstić information content (AvgIpc) is 2.65. The molecule has 3 rings (SSSR count). The van der Waals surface area contributed by atoms with E-state index < -0.39 is 5.25 Å². The van der Waals surface area contributed by atoms with Crippen LogP contribution in [0.5, 0.6) is 0 Å². The number of thioether (sulfide) groups is 1. The second-order valence-electron chi connectivity index (χ2n) is 7.19. The van der Waals surface area contributed by atoms with Crippen LogP contribution in [-0.2, 0) is 16.1 Å². The molecule has 0 bridgehead atoms. The highest BCUT2D eigenvalue weighted by Crippen LogP contribution is 2.38. The Bertz CT molecular complexity index is 909. The van der Waals surface area contributed by atoms with E-state index in [1.54, 1.807) is 29.2 Å². The first kappa shape index (κ1) is 21.6. The van der Waals surface area contributed by atoms with Crippen LogP contribution in [-0.4, -0.2) is 54.0 Å². The third-order valence-corrected chi connectivity index (χ3v) is 6.06. The first-order valence-electron chi connectivity index (χ1n) is 9.26. The minimum Gasteiger partial charge on any atom is -0.337 e. The molecule has 29 heavy (non-hydrogen) atoms. The van der Waals surface area contributed by atoms with Gasteiger partial charge in [-0.2, -0.15) is 0 Å². The van der Waals surface area contributed by atoms with Crippen molar-refractivity contribution in [2.24, 2.45) is 0 Å². The zero-order valence-electron chi connectivity index (χ0n) is 16.3. The quantitative estimate of drug-likeness (QED) is 0.717. The molecule has 8 heteroatoms. The molecule has 1 N–H and O–H groups in total. The molecule has 0 radical (unpaired) electrons. The molecular weight excluding hydrogens is 413 g/mol. The predicted octanol–water partition coefficient (Wildman–Crippen LogP) is 3.87. The van der Waals surface area contributed by atoms with Crippen molar-refractivity contribution in [3.8, 4) is 0 Å². The van der Waals surface area contributed by atoms with Gasteiger partial charge in [-0.05, 0) is 50.0 Å². The van der Waals surface area contributed by atoms with Crippen LogP contribution in [0.3, 0.4) is 0 Å². The van der Waals surface area contributed by atoms with Gasteiger partial charge in [0.25, 0.3) is 0 Å². The molecule has 5 nitrogen and oxygen atoms in total. The summed E-state index contributed by atoms with van der Waals surface area (Å²) in [5.41, 5.74) is 1.39. The van der Waals surface area contributed by atoms with Gasteiger partial charge in [-0.25, -0.2) is 4.39 Å². The van der Waals surface area contributed by atoms with E-state index in [1.807, 2.05) is 25.1 Å². The number of hydrogen-bond donors (Lipinski definition) is 1. The standard InChI is InChI=1S/C21H23ClFN3O2S/c1-25(2)8-9-26(13-14-4-3-5-16(23)10-14)20(27)12-19-21(28)24-17-11-15(22)6-7-18(17)29-19/h3-7,10-11,19H,8-9,12-13H2,1-2H3,(H,24,28). The maximum Gasteiger partial charge on any atom is 0.238 e. The fourth-order valence-corrected chi connectivity index (χ4v) is 4.27. The number of nitrogens with zero attached hydrogens (tertiary/aromatic N) is 2. The van der Waals surface area contributed by atoms with Crippen LogP contribution in [0.25, 0.3) is 0 Å². The van der Waals surface area contributed by atoms with Gasteiger partial charge < -0.3 is 15.1 Å². The summed E-state index contributed by atoms with van der Waals surface area (Å²) in [6.45, 7) is 1.47. The van der Waals surface area contributed by atoms with Gasteiger partial charge in [0, 0.05) is 36.0 Å². The van der Waals surface area contributed by atoms with Gasteiger partial charge in [0.05, 0.1) is 10.9 Å². The van der Waals surface area contributed by atoms with E-state index in [4.69, 9.17) is 11.6 Å². The average molecular weight is 436 g/mol. The van der Waals surface area contributed by atoms with Crippen molar-refractivity contribution in [3.05, 3.63) is 58.9 Å². The number of carbonyl (C=O) groups excluding carboxylic acids is 2. The highest BCUT2D eigenvalue weighted by atomic mass is 35.5. The zero-order valence-corrected chi connectivity index (χ0v) is 17.9. The molecule has 1 aliphatic rings. The monoisotopic (exact) mass is 435 g/mol. The molecule has 0 saturated heterocycles. The van der Waals surface area contributed by atoms with Crippen molar-refractivity contribution in [2.45, 2.75) is 23.1 Å². The normalized spacial score (nSPS) is 15.8. The summed E-state index contributed by atoms with van der Waals surface area (Å²) in [5, 5.41) is 2.85. The van der Waals surface area contributed by atoms with E-state index >= 15 is 0 Å². The van der Waals surface area contributed by atoms with E-state index in [-0.39, 0.29) is 24.1 Å². The van der Waals surface area contributed by atoms with Crippen molar-refractivity contribution in [1.29, 1.82) is 0 Å². The van der Waals surface area contributed by atoms with Gasteiger partial charge in [0.1, 0.15) is 5.82 Å². The van der Waals surface area contributed by atoms with E-state index in [9.17, 15) is 14.0 Å². The Hall–Kier alpha value is -2.09. The van der Waals surface area contributed by atoms with Gasteiger partial charge in [-0.15, -0.1) is 11.8 Å². The van der Waals surface area contributed by atoms with Gasteiger partial charge in [0.2, 0.25) is 11.8 Å². The van der Waals surface area contributed by atoms with E-state index in [2.05, 4.69) is 5.32 Å². The molecule has 0 saturated carbocycles. The molecule has 2 amide bonds. The van der Waals surface area contributed by atoms with E-state index in [0.717, 1.165) is 10.5 Å². The van der Waals surface area contributed by atoms with Crippen molar-refractivity contribution in [3.63, 3.8) is 0 Å². The topological polar surface area (TPSA) is 52.6 Å². The molecule has 0 spiro atoms. The fraction of sp³-hybridized carbons (Fsp3) is 0.333. The van der Waals surface area contributed by atoms with Crippen LogP contribution in [0.15, 0.2) is 47.4 Å². The first-order valence-corrected chi connectivity index (χ1v) is 10.5. The number of benzene rings is 2. The Balaban J connectivity index is 1.71. The zero-order chi connectivity index (χ0) is 21.0. The lowest BCUT2D eigenvalue weighted by Gasteiger charge is -2.28. The van der Waals surface area contributed by atoms with E-state index in [0.29, 0.717) is 30.3 Å². The van der Waals surface area contributed by atoms with Gasteiger partial charge >= 0.3 is 0 Å². The van der Waals surface area contributed by atoms with Crippen molar-refractivity contribution < 1.29 is 14.0 Å². The molecule has 1 unspecified atom stereocenters. The van der Waals surface area contributed by atoms with Gasteiger partial charge in [-0.3, -0.25) is 9.59 Å². The number of halogens is 2. The van der Waals surface area contributed by atoms with E-state index in [1.165, 1.54) is 23.9 Å². The summed E-state index contributed by atoms with van der Waals surface area (Å²) in [4.78, 5) is 30.1. The minimum absolute atomic E-state index is 0.0707. The molecule has 0 aliphatic carbocycles. The number of nitrogens with one attached hydrogen (secondary N) is 1. The van der Waals surface area contributed by atoms with Crippen LogP contribution < -0.4 is 5.32 Å². The predicted molar refractivity (Wildman–Crippen MR) is 115 cm³/mol. The molecule has 1 aliphatic heterocycles. The molecule has 154 valence electrons. The molecule has 2 aromatic rings. The third-order valence-electron chi connectivity index (χ3n) is 4.55. The maximum atomic E-state index is 13.5. The number of fused-ring (bicyclic) bond motifs is 1. The van der Waals surface area contributed by atoms with Crippen LogP contribution >= 0.6 is 23.4 Å². The summed E-state index contributed by atoms with van der Waals surface area (Å²) in [7, 11) is 3.86. The van der Waals surface area contributed by atoms with Crippen molar-refractivity contribution in [2.75, 3.05) is 32.5 Å². The van der Waals surface area contributed by atoms with Crippen LogP contribution in [0.1, 0.15) is 12.0 Å². The number of anilines is 1. The summed E-state index contributed by atoms with van der Waals surface area (Å²) in [5.74, 6) is -0.683. The SMILES string of the molecule is CN(C)CCN(Cc1cccc(F)c1)C(=O)CC1Sc2ccc(Cl)cc2NC1=O. The Labute approximate surface area is 179 Å². The Morgan fingerprint density at radius 2 is 2.00 bits per heavy atom. The fourth-order valence-electron chi connectivity index (χ4n) is 3.01. The summed E-state index contributed by atoms with van der Waals surface area (Å²) in [6, 6.07) is 11.5. The third kappa shape index (κ3) is 5.95. The molecular formula is C21H23ClFN3O2S. The number of hydrogen-bond acceptors (Lipinski definition) is 4. The second-order valence-corrected chi connectivity index (χ2v) is 8.87. The molecule has 1 heterocycles. The lowest BCUT2D eigenvalue weighted by atomic mass is 10.1. The summed E-state index contributed by atoms with van der Waals surface area (Å²) < 4.78 is 13.5. The maximum absolute atomic E-state index is 13.5. The van der Waals surface area contributed by atoms with Gasteiger partial charge in [-0.1, -0.05) is 23.7 Å². The molecule has 0 aromatic heterocycles. The highest BCUT2D eigenvalue weighted by Gasteiger charge is 2.30. The molecule has 0 fully saturated rings. The van der Waals surface area contributed by atoms with Crippen LogP contribution in [0.4, 0.5) is 10.1 Å². The number of carbonyl (C=O) groups is 2. The Morgan fingerprint density at radius 1 is 1.21 bits per heavy atom. The molecule has 2 aromatic carbocycles. The lowest BCUT2D eigenvalue weighted by Crippen LogP contribution is -2.40. The van der Waals surface area contributed by atoms with Crippen LogP contribution in [0, 0.1) is 5.82 Å². The largest absolute Gasteiger partial charge is 0.337 e. The number of likely N-dealkylation sites (N-methyl/N-ethyl adjacent to an activating group) is 1. The molecule has 1 atom stereocenters. The number of rotatable bonds is 7.